The van der Waals surface area contributed by atoms with Crippen LogP contribution in [-0.4, -0.2) is 30.1 Å². The van der Waals surface area contributed by atoms with Gasteiger partial charge in [-0.3, -0.25) is 4.79 Å². The molecule has 1 aromatic rings. The molecule has 1 aliphatic carbocycles. The fourth-order valence-electron chi connectivity index (χ4n) is 2.43. The molecule has 1 fully saturated rings. The Bertz CT molecular complexity index is 428. The number of nitrogens with one attached hydrogen (secondary N) is 1. The van der Waals surface area contributed by atoms with Gasteiger partial charge in [0.2, 0.25) is 0 Å². The molecule has 0 atom stereocenters. The fraction of sp³-hybridized carbons (Fsp3) is 0.600. The van der Waals surface area contributed by atoms with E-state index >= 15 is 0 Å². The monoisotopic (exact) mass is 262 g/mol. The lowest BCUT2D eigenvalue weighted by atomic mass is 9.80. The highest BCUT2D eigenvalue weighted by Gasteiger charge is 2.28. The second-order valence-corrected chi connectivity index (χ2v) is 5.12. The highest BCUT2D eigenvalue weighted by atomic mass is 16.5. The number of carbonyl (C=O) groups excluding carboxylic acids is 1. The summed E-state index contributed by atoms with van der Waals surface area (Å²) >= 11 is 0. The fourth-order valence-corrected chi connectivity index (χ4v) is 2.43. The molecule has 1 saturated carbocycles. The SMILES string of the molecule is CCOC1CC(CCNC(=O)c2cccc(C)n2)C1. The zero-order chi connectivity index (χ0) is 13.7. The molecule has 0 saturated heterocycles. The van der Waals surface area contributed by atoms with Crippen LogP contribution in [0.5, 0.6) is 0 Å². The number of carbonyl (C=O) groups is 1. The predicted octanol–water partition coefficient (Wildman–Crippen LogP) is 2.33. The van der Waals surface area contributed by atoms with E-state index in [2.05, 4.69) is 10.3 Å². The van der Waals surface area contributed by atoms with Gasteiger partial charge >= 0.3 is 0 Å². The third-order valence-electron chi connectivity index (χ3n) is 3.55. The van der Waals surface area contributed by atoms with Crippen LogP contribution in [-0.2, 0) is 4.74 Å². The Kier molecular flexibility index (Phi) is 4.91. The van der Waals surface area contributed by atoms with Crippen LogP contribution in [0.25, 0.3) is 0 Å². The summed E-state index contributed by atoms with van der Waals surface area (Å²) in [6, 6.07) is 5.49. The van der Waals surface area contributed by atoms with Crippen molar-refractivity contribution in [3.05, 3.63) is 29.6 Å². The third kappa shape index (κ3) is 4.03. The predicted molar refractivity (Wildman–Crippen MR) is 74.1 cm³/mol. The normalized spacial score (nSPS) is 21.8. The van der Waals surface area contributed by atoms with Crippen molar-refractivity contribution in [2.75, 3.05) is 13.2 Å². The van der Waals surface area contributed by atoms with Crippen molar-refractivity contribution in [2.24, 2.45) is 5.92 Å². The number of rotatable bonds is 6. The minimum absolute atomic E-state index is 0.0793. The van der Waals surface area contributed by atoms with E-state index in [9.17, 15) is 4.79 Å². The van der Waals surface area contributed by atoms with Crippen LogP contribution >= 0.6 is 0 Å². The lowest BCUT2D eigenvalue weighted by molar-refractivity contribution is -0.0261. The number of hydrogen-bond acceptors (Lipinski definition) is 3. The summed E-state index contributed by atoms with van der Waals surface area (Å²) in [7, 11) is 0. The first kappa shape index (κ1) is 14.0. The third-order valence-corrected chi connectivity index (χ3v) is 3.55. The van der Waals surface area contributed by atoms with E-state index in [1.54, 1.807) is 6.07 Å². The lowest BCUT2D eigenvalue weighted by Gasteiger charge is -2.34. The van der Waals surface area contributed by atoms with Gasteiger partial charge in [-0.2, -0.15) is 0 Å². The zero-order valence-electron chi connectivity index (χ0n) is 11.7. The quantitative estimate of drug-likeness (QED) is 0.856. The summed E-state index contributed by atoms with van der Waals surface area (Å²) in [6.07, 6.45) is 3.74. The average molecular weight is 262 g/mol. The Hall–Kier alpha value is -1.42. The van der Waals surface area contributed by atoms with Crippen LogP contribution in [0.2, 0.25) is 0 Å². The molecule has 104 valence electrons. The Morgan fingerprint density at radius 3 is 2.95 bits per heavy atom. The largest absolute Gasteiger partial charge is 0.378 e. The maximum absolute atomic E-state index is 11.9. The first-order chi connectivity index (χ1) is 9.19. The van der Waals surface area contributed by atoms with Gasteiger partial charge in [-0.05, 0) is 51.2 Å². The van der Waals surface area contributed by atoms with Crippen molar-refractivity contribution in [2.45, 2.75) is 39.2 Å². The van der Waals surface area contributed by atoms with E-state index < -0.39 is 0 Å². The van der Waals surface area contributed by atoms with Crippen LogP contribution < -0.4 is 5.32 Å². The highest BCUT2D eigenvalue weighted by molar-refractivity contribution is 5.92. The second-order valence-electron chi connectivity index (χ2n) is 5.12. The molecule has 19 heavy (non-hydrogen) atoms. The number of aryl methyl sites for hydroxylation is 1. The molecule has 1 heterocycles. The first-order valence-corrected chi connectivity index (χ1v) is 7.02. The van der Waals surface area contributed by atoms with Crippen molar-refractivity contribution < 1.29 is 9.53 Å². The van der Waals surface area contributed by atoms with Gasteiger partial charge in [-0.1, -0.05) is 6.07 Å². The molecule has 0 aromatic carbocycles. The summed E-state index contributed by atoms with van der Waals surface area (Å²) < 4.78 is 5.52. The van der Waals surface area contributed by atoms with Gasteiger partial charge < -0.3 is 10.1 Å². The van der Waals surface area contributed by atoms with Gasteiger partial charge in [0.25, 0.3) is 5.91 Å². The molecule has 0 aliphatic heterocycles. The topological polar surface area (TPSA) is 51.2 Å². The Morgan fingerprint density at radius 1 is 1.47 bits per heavy atom. The van der Waals surface area contributed by atoms with E-state index in [1.807, 2.05) is 26.0 Å². The Labute approximate surface area is 114 Å². The molecular formula is C15H22N2O2. The number of hydrogen-bond donors (Lipinski definition) is 1. The van der Waals surface area contributed by atoms with E-state index in [1.165, 1.54) is 0 Å². The van der Waals surface area contributed by atoms with Crippen LogP contribution in [0.3, 0.4) is 0 Å². The highest BCUT2D eigenvalue weighted by Crippen LogP contribution is 2.32. The smallest absolute Gasteiger partial charge is 0.269 e. The number of amides is 1. The standard InChI is InChI=1S/C15H22N2O2/c1-3-19-13-9-12(10-13)7-8-16-15(18)14-6-4-5-11(2)17-14/h4-6,12-13H,3,7-10H2,1-2H3,(H,16,18). The molecule has 1 aliphatic rings. The molecular weight excluding hydrogens is 240 g/mol. The molecule has 0 bridgehead atoms. The number of pyridine rings is 1. The van der Waals surface area contributed by atoms with E-state index in [4.69, 9.17) is 4.74 Å². The maximum Gasteiger partial charge on any atom is 0.269 e. The van der Waals surface area contributed by atoms with Crippen molar-refractivity contribution in [3.8, 4) is 0 Å². The molecule has 0 unspecified atom stereocenters. The van der Waals surface area contributed by atoms with Crippen molar-refractivity contribution in [1.29, 1.82) is 0 Å². The van der Waals surface area contributed by atoms with E-state index in [0.29, 0.717) is 17.7 Å². The molecule has 1 aromatic heterocycles. The summed E-state index contributed by atoms with van der Waals surface area (Å²) in [5, 5.41) is 2.93. The van der Waals surface area contributed by atoms with Crippen molar-refractivity contribution >= 4 is 5.91 Å². The maximum atomic E-state index is 11.9. The van der Waals surface area contributed by atoms with E-state index in [-0.39, 0.29) is 5.91 Å². The molecule has 0 radical (unpaired) electrons. The zero-order valence-corrected chi connectivity index (χ0v) is 11.7. The van der Waals surface area contributed by atoms with Gasteiger partial charge in [0, 0.05) is 18.8 Å². The second kappa shape index (κ2) is 6.66. The minimum Gasteiger partial charge on any atom is -0.378 e. The van der Waals surface area contributed by atoms with Gasteiger partial charge in [0.15, 0.2) is 0 Å². The van der Waals surface area contributed by atoms with Gasteiger partial charge in [-0.25, -0.2) is 4.98 Å². The first-order valence-electron chi connectivity index (χ1n) is 7.02. The van der Waals surface area contributed by atoms with Crippen LogP contribution in [0, 0.1) is 12.8 Å². The number of ether oxygens (including phenoxy) is 1. The molecule has 1 N–H and O–H groups in total. The summed E-state index contributed by atoms with van der Waals surface area (Å²) in [5.41, 5.74) is 1.37. The summed E-state index contributed by atoms with van der Waals surface area (Å²) in [4.78, 5) is 16.1. The molecule has 2 rings (SSSR count). The van der Waals surface area contributed by atoms with Crippen LogP contribution in [0.4, 0.5) is 0 Å². The van der Waals surface area contributed by atoms with Crippen molar-refractivity contribution in [3.63, 3.8) is 0 Å². The summed E-state index contributed by atoms with van der Waals surface area (Å²) in [5.74, 6) is 0.617. The van der Waals surface area contributed by atoms with Crippen molar-refractivity contribution in [1.82, 2.24) is 10.3 Å². The van der Waals surface area contributed by atoms with Crippen LogP contribution in [0.1, 0.15) is 42.4 Å². The average Bonchev–Trinajstić information content (AvgIpc) is 2.35. The number of aromatic nitrogens is 1. The lowest BCUT2D eigenvalue weighted by Crippen LogP contribution is -2.34. The van der Waals surface area contributed by atoms with E-state index in [0.717, 1.165) is 38.1 Å². The van der Waals surface area contributed by atoms with Gasteiger partial charge in [0.1, 0.15) is 5.69 Å². The minimum atomic E-state index is -0.0793. The Morgan fingerprint density at radius 2 is 2.26 bits per heavy atom. The Balaban J connectivity index is 1.65. The van der Waals surface area contributed by atoms with Gasteiger partial charge in [0.05, 0.1) is 6.10 Å². The molecule has 4 heteroatoms. The molecule has 0 spiro atoms. The molecule has 1 amide bonds. The number of nitrogens with zero attached hydrogens (tertiary/aromatic N) is 1. The van der Waals surface area contributed by atoms with Gasteiger partial charge in [-0.15, -0.1) is 0 Å². The van der Waals surface area contributed by atoms with Crippen LogP contribution in [0.15, 0.2) is 18.2 Å². The summed E-state index contributed by atoms with van der Waals surface area (Å²) in [6.45, 7) is 5.44. The molecule has 4 nitrogen and oxygen atoms in total.